The quantitative estimate of drug-likeness (QED) is 0.203. The van der Waals surface area contributed by atoms with Crippen molar-refractivity contribution in [3.63, 3.8) is 0 Å². The van der Waals surface area contributed by atoms with Gasteiger partial charge in [0.1, 0.15) is 17.3 Å². The van der Waals surface area contributed by atoms with Crippen molar-refractivity contribution in [2.45, 2.75) is 105 Å². The maximum atomic E-state index is 11.6. The molecule has 232 valence electrons. The summed E-state index contributed by atoms with van der Waals surface area (Å²) in [4.78, 5) is 44.3. The highest BCUT2D eigenvalue weighted by Crippen LogP contribution is 2.27. The second-order valence-electron chi connectivity index (χ2n) is 12.3. The van der Waals surface area contributed by atoms with E-state index in [0.29, 0.717) is 19.6 Å². The fraction of sp³-hybridized carbons (Fsp3) is 0.846. The van der Waals surface area contributed by atoms with Crippen molar-refractivity contribution in [1.29, 1.82) is 0 Å². The number of nitrogens with two attached hydrogens (primary N) is 1. The van der Waals surface area contributed by atoms with Gasteiger partial charge in [-0.25, -0.2) is 4.79 Å². The lowest BCUT2D eigenvalue weighted by atomic mass is 9.87. The molecule has 12 nitrogen and oxygen atoms in total. The van der Waals surface area contributed by atoms with Gasteiger partial charge in [-0.2, -0.15) is 0 Å². The number of rotatable bonds is 8. The Balaban J connectivity index is -0.000000544. The number of halogens is 1. The van der Waals surface area contributed by atoms with E-state index < -0.39 is 46.5 Å². The highest BCUT2D eigenvalue weighted by atomic mass is 35.5. The first-order valence-corrected chi connectivity index (χ1v) is 12.5. The van der Waals surface area contributed by atoms with Crippen molar-refractivity contribution >= 4 is 36.2 Å². The molecule has 0 spiro atoms. The molecule has 2 atom stereocenters. The van der Waals surface area contributed by atoms with Crippen LogP contribution in [0.4, 0.5) is 0 Å². The van der Waals surface area contributed by atoms with Crippen LogP contribution in [0.1, 0.15) is 82.1 Å². The molecule has 0 aromatic rings. The molecule has 13 heteroatoms. The van der Waals surface area contributed by atoms with Crippen molar-refractivity contribution in [2.24, 2.45) is 16.6 Å². The number of carbonyl (C=O) groups is 4. The zero-order chi connectivity index (χ0) is 30.5. The summed E-state index contributed by atoms with van der Waals surface area (Å²) in [5.41, 5.74) is 2.90. The van der Waals surface area contributed by atoms with Crippen molar-refractivity contribution < 1.29 is 48.7 Å². The number of nitrogens with one attached hydrogen (secondary N) is 1. The van der Waals surface area contributed by atoms with Crippen LogP contribution in [-0.4, -0.2) is 88.8 Å². The maximum absolute atomic E-state index is 11.6. The molecule has 1 aliphatic rings. The van der Waals surface area contributed by atoms with Crippen molar-refractivity contribution in [1.82, 2.24) is 5.32 Å². The number of hydrogen-bond acceptors (Lipinski definition) is 11. The van der Waals surface area contributed by atoms with E-state index >= 15 is 0 Å². The van der Waals surface area contributed by atoms with E-state index in [1.54, 1.807) is 48.5 Å². The van der Waals surface area contributed by atoms with Crippen LogP contribution in [0.5, 0.6) is 0 Å². The maximum Gasteiger partial charge on any atom is 0.335 e. The molecular weight excluding hydrogens is 536 g/mol. The number of hydrogen-bond donors (Lipinski definition) is 5. The average molecular weight is 587 g/mol. The van der Waals surface area contributed by atoms with Crippen molar-refractivity contribution in [3.8, 4) is 0 Å². The molecule has 39 heavy (non-hydrogen) atoms. The van der Waals surface area contributed by atoms with Gasteiger partial charge in [0.05, 0.1) is 26.1 Å². The smallest absolute Gasteiger partial charge is 0.335 e. The molecule has 0 saturated carbocycles. The molecule has 1 fully saturated rings. The normalized spacial score (nSPS) is 17.1. The molecule has 6 N–H and O–H groups in total. The topological polar surface area (TPSA) is 195 Å². The SMILES string of the molecule is CC(C)(C)OC(=O)CCN.CC(C)(C)OC(=O)CCNC(=O)[C@H](O)C(C)(C)CO.CC1(C)COC(=O)[C@@H]1O.Cl. The minimum Gasteiger partial charge on any atom is -0.463 e. The summed E-state index contributed by atoms with van der Waals surface area (Å²) < 4.78 is 14.6. The summed E-state index contributed by atoms with van der Waals surface area (Å²) in [5, 5.41) is 30.2. The second-order valence-corrected chi connectivity index (χ2v) is 12.3. The summed E-state index contributed by atoms with van der Waals surface area (Å²) in [7, 11) is 0. The second kappa shape index (κ2) is 17.6. The van der Waals surface area contributed by atoms with Crippen LogP contribution in [-0.2, 0) is 33.4 Å². The Morgan fingerprint density at radius 3 is 1.74 bits per heavy atom. The Labute approximate surface area is 238 Å². The summed E-state index contributed by atoms with van der Waals surface area (Å²) in [6, 6.07) is 0. The van der Waals surface area contributed by atoms with Gasteiger partial charge in [0.2, 0.25) is 5.91 Å². The number of cyclic esters (lactones) is 1. The molecule has 1 aliphatic heterocycles. The third-order valence-corrected chi connectivity index (χ3v) is 4.76. The molecule has 0 bridgehead atoms. The molecule has 0 radical (unpaired) electrons. The van der Waals surface area contributed by atoms with E-state index in [4.69, 9.17) is 25.4 Å². The highest BCUT2D eigenvalue weighted by Gasteiger charge is 2.42. The number of esters is 3. The van der Waals surface area contributed by atoms with Gasteiger partial charge in [-0.05, 0) is 41.5 Å². The van der Waals surface area contributed by atoms with E-state index in [1.165, 1.54) is 0 Å². The standard InChI is InChI=1S/C13H25NO5.C7H15NO2.C6H10O3.ClH/c1-12(2,3)19-9(16)6-7-14-11(18)10(17)13(4,5)8-15;1-7(2,3)10-6(9)4-5-8;1-6(2)3-9-5(8)4(6)7;/h10,15,17H,6-8H2,1-5H3,(H,14,18);4-5,8H2,1-3H3;4,7H,3H2,1-2H3;1H/t10-;;4-;/m0.0./s1. The van der Waals surface area contributed by atoms with Crippen LogP contribution >= 0.6 is 12.4 Å². The predicted octanol–water partition coefficient (Wildman–Crippen LogP) is 1.24. The van der Waals surface area contributed by atoms with E-state index in [2.05, 4.69) is 10.1 Å². The lowest BCUT2D eigenvalue weighted by Crippen LogP contribution is -2.46. The molecule has 0 aliphatic carbocycles. The van der Waals surface area contributed by atoms with Crippen LogP contribution in [0.25, 0.3) is 0 Å². The molecule has 1 heterocycles. The average Bonchev–Trinajstić information content (AvgIpc) is 2.97. The van der Waals surface area contributed by atoms with E-state index in [1.807, 2.05) is 20.8 Å². The molecule has 0 unspecified atom stereocenters. The number of carbonyl (C=O) groups excluding carboxylic acids is 4. The first-order valence-electron chi connectivity index (χ1n) is 12.5. The zero-order valence-corrected chi connectivity index (χ0v) is 25.9. The lowest BCUT2D eigenvalue weighted by Gasteiger charge is -2.27. The molecule has 1 amide bonds. The van der Waals surface area contributed by atoms with Crippen molar-refractivity contribution in [3.05, 3.63) is 0 Å². The first kappa shape index (κ1) is 41.5. The third-order valence-electron chi connectivity index (χ3n) is 4.76. The summed E-state index contributed by atoms with van der Waals surface area (Å²) >= 11 is 0. The summed E-state index contributed by atoms with van der Waals surface area (Å²) in [5.74, 6) is -1.75. The monoisotopic (exact) mass is 586 g/mol. The number of aliphatic hydroxyl groups excluding tert-OH is 3. The van der Waals surface area contributed by atoms with Crippen LogP contribution in [0.2, 0.25) is 0 Å². The van der Waals surface area contributed by atoms with Crippen LogP contribution in [0.3, 0.4) is 0 Å². The lowest BCUT2D eigenvalue weighted by molar-refractivity contribution is -0.155. The Bertz CT molecular complexity index is 774. The van der Waals surface area contributed by atoms with E-state index in [9.17, 15) is 24.3 Å². The minimum atomic E-state index is -1.32. The fourth-order valence-corrected chi connectivity index (χ4v) is 2.46. The Morgan fingerprint density at radius 2 is 1.46 bits per heavy atom. The van der Waals surface area contributed by atoms with Gasteiger partial charge in [0, 0.05) is 23.9 Å². The van der Waals surface area contributed by atoms with Gasteiger partial charge in [-0.3, -0.25) is 14.4 Å². The predicted molar refractivity (Wildman–Crippen MR) is 148 cm³/mol. The molecule has 1 rings (SSSR count). The van der Waals surface area contributed by atoms with Gasteiger partial charge in [-0.15, -0.1) is 12.4 Å². The third kappa shape index (κ3) is 19.7. The minimum absolute atomic E-state index is 0. The van der Waals surface area contributed by atoms with Crippen LogP contribution in [0, 0.1) is 10.8 Å². The van der Waals surface area contributed by atoms with E-state index in [0.717, 1.165) is 0 Å². The largest absolute Gasteiger partial charge is 0.463 e. The van der Waals surface area contributed by atoms with Gasteiger partial charge >= 0.3 is 17.9 Å². The van der Waals surface area contributed by atoms with Gasteiger partial charge in [-0.1, -0.05) is 27.7 Å². The van der Waals surface area contributed by atoms with Gasteiger partial charge < -0.3 is 40.6 Å². The molecule has 0 aromatic carbocycles. The fourth-order valence-electron chi connectivity index (χ4n) is 2.46. The molecule has 0 aromatic heterocycles. The van der Waals surface area contributed by atoms with Crippen LogP contribution < -0.4 is 11.1 Å². The Kier molecular flexibility index (Phi) is 18.8. The highest BCUT2D eigenvalue weighted by molar-refractivity contribution is 5.85. The summed E-state index contributed by atoms with van der Waals surface area (Å²) in [6.45, 7) is 18.0. The molecule has 1 saturated heterocycles. The Hall–Kier alpha value is -1.99. The molecular formula is C26H51ClN2O10. The van der Waals surface area contributed by atoms with E-state index in [-0.39, 0.29) is 43.5 Å². The number of aliphatic hydroxyl groups is 3. The first-order chi connectivity index (χ1) is 17.0. The number of ether oxygens (including phenoxy) is 3. The summed E-state index contributed by atoms with van der Waals surface area (Å²) in [6.07, 6.45) is -1.92. The van der Waals surface area contributed by atoms with Crippen molar-refractivity contribution in [2.75, 3.05) is 26.3 Å². The van der Waals surface area contributed by atoms with Gasteiger partial charge in [0.25, 0.3) is 0 Å². The van der Waals surface area contributed by atoms with Gasteiger partial charge in [0.15, 0.2) is 6.10 Å². The van der Waals surface area contributed by atoms with Crippen LogP contribution in [0.15, 0.2) is 0 Å². The zero-order valence-electron chi connectivity index (χ0n) is 25.1. The Morgan fingerprint density at radius 1 is 1.03 bits per heavy atom. The number of amides is 1.